The number of carbonyl (C=O) groups is 7. The van der Waals surface area contributed by atoms with Crippen LogP contribution in [0.4, 0.5) is 0 Å². The van der Waals surface area contributed by atoms with E-state index in [-0.39, 0.29) is 12.0 Å². The van der Waals surface area contributed by atoms with Gasteiger partial charge in [0.1, 0.15) is 29.7 Å². The number of ketones is 1. The topological polar surface area (TPSA) is 195 Å². The standard InChI is InChI=1S/C37H46O14/c1-17-15-36(45)26(27(17)50-31(44)23-13-11-10-12-14-23)30(47-19(3)39)37(51-22(6)42)16-24-25(29(46-18(2)38)34(7,8)28(24)43)35(9,32(36)48-20(4)40)33(37)49-21(5)41/h10-14,17,24-27,29-30,32-33,45H,15-16H2,1-9H3/t17-,24?,25?,26+,27-,29-,30+,32+,33-,35+,36+,37+/m0/s1. The predicted octanol–water partition coefficient (Wildman–Crippen LogP) is 2.89. The number of carbonyl (C=O) groups excluding carboxylic acids is 7. The number of ether oxygens (including phenoxy) is 6. The van der Waals surface area contributed by atoms with Crippen molar-refractivity contribution >= 4 is 41.6 Å². The van der Waals surface area contributed by atoms with Crippen molar-refractivity contribution in [3.05, 3.63) is 35.9 Å². The lowest BCUT2D eigenvalue weighted by Crippen LogP contribution is -2.71. The van der Waals surface area contributed by atoms with Crippen LogP contribution < -0.4 is 0 Å². The minimum Gasteiger partial charge on any atom is -0.461 e. The SMILES string of the molecule is CC(=O)O[C@@H]1[C@H]2[C@@H](OC(=O)c3ccccc3)[C@@H](C)C[C@]2(O)[C@H](OC(C)=O)[C@@]2(C)C3C(C[C@]1(OC(C)=O)[C@H]2OC(C)=O)C(=O)C(C)(C)[C@H]3OC(C)=O. The quantitative estimate of drug-likeness (QED) is 0.320. The second kappa shape index (κ2) is 13.0. The van der Waals surface area contributed by atoms with Gasteiger partial charge in [-0.25, -0.2) is 4.79 Å². The second-order valence-corrected chi connectivity index (χ2v) is 15.3. The number of hydrogen-bond donors (Lipinski definition) is 1. The Morgan fingerprint density at radius 1 is 0.686 bits per heavy atom. The van der Waals surface area contributed by atoms with Gasteiger partial charge in [0.25, 0.3) is 0 Å². The van der Waals surface area contributed by atoms with Crippen LogP contribution in [0, 0.1) is 34.5 Å². The van der Waals surface area contributed by atoms with E-state index in [0.717, 1.165) is 27.7 Å². The summed E-state index contributed by atoms with van der Waals surface area (Å²) in [5, 5.41) is 13.3. The van der Waals surface area contributed by atoms with Crippen LogP contribution in [0.5, 0.6) is 0 Å². The average molecular weight is 715 g/mol. The maximum atomic E-state index is 14.5. The Hall–Kier alpha value is -4.33. The van der Waals surface area contributed by atoms with Gasteiger partial charge in [0.15, 0.2) is 17.8 Å². The number of fused-ring (bicyclic) bond motifs is 5. The van der Waals surface area contributed by atoms with E-state index in [9.17, 15) is 38.7 Å². The lowest BCUT2D eigenvalue weighted by Gasteiger charge is -2.58. The molecule has 2 unspecified atom stereocenters. The van der Waals surface area contributed by atoms with Crippen LogP contribution in [0.3, 0.4) is 0 Å². The zero-order valence-electron chi connectivity index (χ0n) is 30.3. The number of rotatable bonds is 7. The van der Waals surface area contributed by atoms with Gasteiger partial charge in [-0.1, -0.05) is 32.0 Å². The van der Waals surface area contributed by atoms with E-state index in [0.29, 0.717) is 0 Å². The van der Waals surface area contributed by atoms with Crippen LogP contribution >= 0.6 is 0 Å². The molecule has 0 aliphatic heterocycles. The molecule has 1 aromatic rings. The van der Waals surface area contributed by atoms with Crippen molar-refractivity contribution in [3.8, 4) is 0 Å². The van der Waals surface area contributed by atoms with E-state index in [4.69, 9.17) is 28.4 Å². The molecule has 1 aromatic carbocycles. The second-order valence-electron chi connectivity index (χ2n) is 15.3. The monoisotopic (exact) mass is 714 g/mol. The van der Waals surface area contributed by atoms with E-state index in [1.807, 2.05) is 0 Å². The van der Waals surface area contributed by atoms with Gasteiger partial charge in [-0.05, 0) is 38.3 Å². The molecular weight excluding hydrogens is 668 g/mol. The number of aliphatic hydroxyl groups is 1. The van der Waals surface area contributed by atoms with Gasteiger partial charge < -0.3 is 33.5 Å². The van der Waals surface area contributed by atoms with Crippen molar-refractivity contribution < 1.29 is 67.1 Å². The molecule has 4 fully saturated rings. The molecule has 0 aromatic heterocycles. The molecule has 5 rings (SSSR count). The minimum atomic E-state index is -2.26. The average Bonchev–Trinajstić information content (AvgIpc) is 3.36. The highest BCUT2D eigenvalue weighted by Gasteiger charge is 2.84. The number of hydrogen-bond acceptors (Lipinski definition) is 14. The van der Waals surface area contributed by atoms with Crippen molar-refractivity contribution in [2.75, 3.05) is 0 Å². The molecule has 278 valence electrons. The lowest BCUT2D eigenvalue weighted by atomic mass is 9.53. The summed E-state index contributed by atoms with van der Waals surface area (Å²) < 4.78 is 36.4. The molecule has 4 aliphatic rings. The summed E-state index contributed by atoms with van der Waals surface area (Å²) in [6.07, 6.45) is -8.24. The summed E-state index contributed by atoms with van der Waals surface area (Å²) in [6.45, 7) is 11.9. The fraction of sp³-hybridized carbons (Fsp3) is 0.649. The van der Waals surface area contributed by atoms with E-state index in [2.05, 4.69) is 0 Å². The highest BCUT2D eigenvalue weighted by atomic mass is 16.6. The fourth-order valence-corrected chi connectivity index (χ4v) is 10.0. The summed E-state index contributed by atoms with van der Waals surface area (Å²) in [5.74, 6) is -9.88. The van der Waals surface area contributed by atoms with Gasteiger partial charge >= 0.3 is 35.8 Å². The van der Waals surface area contributed by atoms with Crippen LogP contribution in [0.1, 0.15) is 85.5 Å². The molecule has 2 bridgehead atoms. The summed E-state index contributed by atoms with van der Waals surface area (Å²) in [4.78, 5) is 93.4. The summed E-state index contributed by atoms with van der Waals surface area (Å²) in [6, 6.07) is 8.04. The molecule has 14 nitrogen and oxygen atoms in total. The Kier molecular flexibility index (Phi) is 9.68. The van der Waals surface area contributed by atoms with Gasteiger partial charge in [0.05, 0.1) is 22.3 Å². The Labute approximate surface area is 295 Å². The normalized spacial score (nSPS) is 38.9. The Bertz CT molecular complexity index is 1640. The van der Waals surface area contributed by atoms with Crippen LogP contribution in [0.25, 0.3) is 0 Å². The molecule has 4 saturated carbocycles. The zero-order chi connectivity index (χ0) is 38.0. The molecular formula is C37H46O14. The molecule has 0 amide bonds. The third-order valence-electron chi connectivity index (χ3n) is 11.4. The number of Topliss-reactive ketones (excluding diaryl/α,β-unsaturated/α-hetero) is 1. The van der Waals surface area contributed by atoms with Crippen LogP contribution in [0.15, 0.2) is 30.3 Å². The smallest absolute Gasteiger partial charge is 0.338 e. The predicted molar refractivity (Wildman–Crippen MR) is 173 cm³/mol. The Morgan fingerprint density at radius 3 is 1.75 bits per heavy atom. The first kappa shape index (κ1) is 37.9. The van der Waals surface area contributed by atoms with Crippen LogP contribution in [-0.4, -0.2) is 88.4 Å². The first-order chi connectivity index (χ1) is 23.6. The Balaban J connectivity index is 1.90. The molecule has 1 N–H and O–H groups in total. The van der Waals surface area contributed by atoms with E-state index in [1.54, 1.807) is 39.0 Å². The zero-order valence-corrected chi connectivity index (χ0v) is 30.3. The Morgan fingerprint density at radius 2 is 1.22 bits per heavy atom. The van der Waals surface area contributed by atoms with Crippen LogP contribution in [0.2, 0.25) is 0 Å². The maximum Gasteiger partial charge on any atom is 0.338 e. The third kappa shape index (κ3) is 5.98. The fourth-order valence-electron chi connectivity index (χ4n) is 10.0. The van der Waals surface area contributed by atoms with E-state index >= 15 is 0 Å². The molecule has 4 aliphatic carbocycles. The number of benzene rings is 1. The van der Waals surface area contributed by atoms with Crippen molar-refractivity contribution in [2.24, 2.45) is 34.5 Å². The summed E-state index contributed by atoms with van der Waals surface area (Å²) >= 11 is 0. The van der Waals surface area contributed by atoms with Crippen molar-refractivity contribution in [3.63, 3.8) is 0 Å². The molecule has 51 heavy (non-hydrogen) atoms. The lowest BCUT2D eigenvalue weighted by molar-refractivity contribution is -0.276. The van der Waals surface area contributed by atoms with Gasteiger partial charge in [-0.2, -0.15) is 0 Å². The van der Waals surface area contributed by atoms with Crippen molar-refractivity contribution in [1.82, 2.24) is 0 Å². The van der Waals surface area contributed by atoms with E-state index < -0.39 is 124 Å². The molecule has 12 atom stereocenters. The molecule has 0 spiro atoms. The number of esters is 6. The van der Waals surface area contributed by atoms with Gasteiger partial charge in [-0.3, -0.25) is 28.8 Å². The minimum absolute atomic E-state index is 0.180. The first-order valence-electron chi connectivity index (χ1n) is 17.0. The summed E-state index contributed by atoms with van der Waals surface area (Å²) in [5.41, 5.74) is -7.57. The van der Waals surface area contributed by atoms with E-state index in [1.165, 1.54) is 26.0 Å². The first-order valence-corrected chi connectivity index (χ1v) is 17.0. The molecule has 0 radical (unpaired) electrons. The van der Waals surface area contributed by atoms with Crippen LogP contribution in [-0.2, 0) is 57.2 Å². The van der Waals surface area contributed by atoms with Gasteiger partial charge in [-0.15, -0.1) is 0 Å². The third-order valence-corrected chi connectivity index (χ3v) is 11.4. The highest BCUT2D eigenvalue weighted by molar-refractivity contribution is 5.91. The van der Waals surface area contributed by atoms with Crippen molar-refractivity contribution in [2.45, 2.75) is 117 Å². The molecule has 14 heteroatoms. The van der Waals surface area contributed by atoms with Crippen molar-refractivity contribution in [1.29, 1.82) is 0 Å². The highest BCUT2D eigenvalue weighted by Crippen LogP contribution is 2.69. The largest absolute Gasteiger partial charge is 0.461 e. The summed E-state index contributed by atoms with van der Waals surface area (Å²) in [7, 11) is 0. The molecule has 0 saturated heterocycles. The maximum absolute atomic E-state index is 14.5. The van der Waals surface area contributed by atoms with Gasteiger partial charge in [0.2, 0.25) is 0 Å². The van der Waals surface area contributed by atoms with Gasteiger partial charge in [0, 0.05) is 52.9 Å². The molecule has 0 heterocycles.